The van der Waals surface area contributed by atoms with E-state index in [1.807, 2.05) is 21.0 Å². The SMILES string of the molecule is C=S(C)(=O)Nc1cc(N=CN(C)C)c(C#N)c(C)c1OCC. The summed E-state index contributed by atoms with van der Waals surface area (Å²) in [7, 11) is 1.20. The van der Waals surface area contributed by atoms with Gasteiger partial charge in [0.2, 0.25) is 0 Å². The van der Waals surface area contributed by atoms with Gasteiger partial charge in [-0.1, -0.05) is 0 Å². The Balaban J connectivity index is 3.56. The molecule has 120 valence electrons. The lowest BCUT2D eigenvalue weighted by Crippen LogP contribution is -2.12. The summed E-state index contributed by atoms with van der Waals surface area (Å²) >= 11 is 0. The van der Waals surface area contributed by atoms with E-state index in [0.717, 1.165) is 0 Å². The Kier molecular flexibility index (Phi) is 5.83. The Bertz CT molecular complexity index is 716. The van der Waals surface area contributed by atoms with Crippen molar-refractivity contribution in [2.24, 2.45) is 4.99 Å². The number of rotatable bonds is 6. The van der Waals surface area contributed by atoms with E-state index in [1.54, 1.807) is 24.2 Å². The topological polar surface area (TPSA) is 77.7 Å². The lowest BCUT2D eigenvalue weighted by molar-refractivity contribution is 0.339. The van der Waals surface area contributed by atoms with Gasteiger partial charge in [0.15, 0.2) is 0 Å². The van der Waals surface area contributed by atoms with Crippen molar-refractivity contribution in [2.75, 3.05) is 31.7 Å². The Hall–Kier alpha value is -2.20. The zero-order valence-electron chi connectivity index (χ0n) is 13.6. The Labute approximate surface area is 132 Å². The first-order chi connectivity index (χ1) is 10.2. The highest BCUT2D eigenvalue weighted by atomic mass is 32.2. The fourth-order valence-electron chi connectivity index (χ4n) is 1.84. The van der Waals surface area contributed by atoms with Crippen molar-refractivity contribution in [3.05, 3.63) is 17.2 Å². The van der Waals surface area contributed by atoms with Gasteiger partial charge in [-0.3, -0.25) is 0 Å². The van der Waals surface area contributed by atoms with E-state index < -0.39 is 9.71 Å². The Morgan fingerprint density at radius 1 is 1.59 bits per heavy atom. The molecular formula is C15H22N4O2S. The van der Waals surface area contributed by atoms with Crippen molar-refractivity contribution >= 4 is 33.3 Å². The molecule has 0 saturated heterocycles. The number of aliphatic imine (C=N–C) groups is 1. The highest BCUT2D eigenvalue weighted by molar-refractivity contribution is 8.00. The van der Waals surface area contributed by atoms with Crippen molar-refractivity contribution in [1.82, 2.24) is 4.90 Å². The molecule has 0 radical (unpaired) electrons. The Morgan fingerprint density at radius 3 is 2.68 bits per heavy atom. The molecule has 0 fully saturated rings. The number of benzene rings is 1. The molecule has 1 N–H and O–H groups in total. The van der Waals surface area contributed by atoms with Crippen LogP contribution < -0.4 is 9.46 Å². The predicted molar refractivity (Wildman–Crippen MR) is 93.7 cm³/mol. The summed E-state index contributed by atoms with van der Waals surface area (Å²) < 4.78 is 20.4. The smallest absolute Gasteiger partial charge is 0.147 e. The molecule has 1 aromatic carbocycles. The summed E-state index contributed by atoms with van der Waals surface area (Å²) in [5.41, 5.74) is 2.10. The quantitative estimate of drug-likeness (QED) is 0.494. The first-order valence-electron chi connectivity index (χ1n) is 6.70. The van der Waals surface area contributed by atoms with Crippen molar-refractivity contribution in [3.8, 4) is 11.8 Å². The molecule has 0 amide bonds. The van der Waals surface area contributed by atoms with Gasteiger partial charge in [-0.05, 0) is 25.8 Å². The number of nitriles is 1. The van der Waals surface area contributed by atoms with Crippen molar-refractivity contribution < 1.29 is 8.95 Å². The number of nitrogens with zero attached hydrogens (tertiary/aromatic N) is 3. The maximum atomic E-state index is 12.0. The molecule has 1 aromatic rings. The van der Waals surface area contributed by atoms with Gasteiger partial charge in [0.1, 0.15) is 11.8 Å². The zero-order valence-corrected chi connectivity index (χ0v) is 14.5. The minimum absolute atomic E-state index is 0.429. The third-order valence-corrected chi connectivity index (χ3v) is 3.30. The van der Waals surface area contributed by atoms with E-state index in [1.165, 1.54) is 6.26 Å². The maximum absolute atomic E-state index is 12.0. The summed E-state index contributed by atoms with van der Waals surface area (Å²) in [4.78, 5) is 6.07. The molecule has 0 heterocycles. The number of nitrogens with one attached hydrogen (secondary N) is 1. The van der Waals surface area contributed by atoms with E-state index in [0.29, 0.717) is 34.9 Å². The van der Waals surface area contributed by atoms with Gasteiger partial charge in [0.05, 0.1) is 29.9 Å². The lowest BCUT2D eigenvalue weighted by Gasteiger charge is -2.18. The number of ether oxygens (including phenoxy) is 1. The van der Waals surface area contributed by atoms with E-state index in [4.69, 9.17) is 4.74 Å². The van der Waals surface area contributed by atoms with E-state index in [9.17, 15) is 9.47 Å². The molecule has 0 aliphatic carbocycles. The minimum Gasteiger partial charge on any atom is -0.491 e. The van der Waals surface area contributed by atoms with Gasteiger partial charge in [0, 0.05) is 35.6 Å². The summed E-state index contributed by atoms with van der Waals surface area (Å²) in [6.45, 7) is 4.06. The van der Waals surface area contributed by atoms with Gasteiger partial charge in [-0.2, -0.15) is 5.26 Å². The monoisotopic (exact) mass is 322 g/mol. The maximum Gasteiger partial charge on any atom is 0.147 e. The summed E-state index contributed by atoms with van der Waals surface area (Å²) in [5.74, 6) is 4.09. The molecule has 1 rings (SSSR count). The van der Waals surface area contributed by atoms with Crippen LogP contribution in [0.15, 0.2) is 11.1 Å². The van der Waals surface area contributed by atoms with Crippen LogP contribution in [0.4, 0.5) is 11.4 Å². The first-order valence-corrected chi connectivity index (χ1v) is 8.84. The van der Waals surface area contributed by atoms with E-state index in [-0.39, 0.29) is 0 Å². The van der Waals surface area contributed by atoms with Crippen LogP contribution in [0.5, 0.6) is 5.75 Å². The summed E-state index contributed by atoms with van der Waals surface area (Å²) in [6, 6.07) is 3.81. The predicted octanol–water partition coefficient (Wildman–Crippen LogP) is 2.16. The second-order valence-corrected chi connectivity index (χ2v) is 7.35. The molecular weight excluding hydrogens is 300 g/mol. The fraction of sp³-hybridized carbons (Fsp3) is 0.400. The van der Waals surface area contributed by atoms with Gasteiger partial charge in [0.25, 0.3) is 0 Å². The molecule has 0 aliphatic rings. The molecule has 0 aliphatic heterocycles. The fourth-order valence-corrected chi connectivity index (χ4v) is 2.46. The van der Waals surface area contributed by atoms with E-state index in [2.05, 4.69) is 21.7 Å². The third-order valence-electron chi connectivity index (χ3n) is 2.65. The minimum atomic E-state index is -2.48. The van der Waals surface area contributed by atoms with Crippen molar-refractivity contribution in [1.29, 1.82) is 5.26 Å². The van der Waals surface area contributed by atoms with Crippen LogP contribution in [0, 0.1) is 18.3 Å². The molecule has 0 bridgehead atoms. The average molecular weight is 322 g/mol. The molecule has 6 nitrogen and oxygen atoms in total. The van der Waals surface area contributed by atoms with Crippen LogP contribution in [0.3, 0.4) is 0 Å². The average Bonchev–Trinajstić information content (AvgIpc) is 2.39. The van der Waals surface area contributed by atoms with Crippen molar-refractivity contribution in [3.63, 3.8) is 0 Å². The second-order valence-electron chi connectivity index (χ2n) is 5.13. The van der Waals surface area contributed by atoms with Gasteiger partial charge >= 0.3 is 0 Å². The van der Waals surface area contributed by atoms with Crippen molar-refractivity contribution in [2.45, 2.75) is 13.8 Å². The summed E-state index contributed by atoms with van der Waals surface area (Å²) in [5, 5.41) is 9.40. The number of anilines is 1. The molecule has 1 unspecified atom stereocenters. The largest absolute Gasteiger partial charge is 0.491 e. The highest BCUT2D eigenvalue weighted by Crippen LogP contribution is 2.37. The summed E-state index contributed by atoms with van der Waals surface area (Å²) in [6.07, 6.45) is 3.10. The van der Waals surface area contributed by atoms with Gasteiger partial charge in [-0.25, -0.2) is 9.20 Å². The Morgan fingerprint density at radius 2 is 2.23 bits per heavy atom. The first kappa shape index (κ1) is 17.9. The van der Waals surface area contributed by atoms with Gasteiger partial charge < -0.3 is 14.4 Å². The standard InChI is InChI=1S/C15H22N4O2S/c1-7-21-15-11(2)12(9-16)13(17-10-19(3)4)8-14(15)18-22(5,6)20/h8,10H,5,7H2,1-4,6H3,(H,18,20). The van der Waals surface area contributed by atoms with Gasteiger partial charge in [-0.15, -0.1) is 0 Å². The normalized spacial score (nSPS) is 13.5. The molecule has 0 spiro atoms. The molecule has 0 saturated carbocycles. The third kappa shape index (κ3) is 4.67. The second kappa shape index (κ2) is 7.18. The number of hydrogen-bond donors (Lipinski definition) is 1. The molecule has 7 heteroatoms. The highest BCUT2D eigenvalue weighted by Gasteiger charge is 2.17. The molecule has 0 aromatic heterocycles. The molecule has 1 atom stereocenters. The van der Waals surface area contributed by atoms with E-state index >= 15 is 0 Å². The molecule has 22 heavy (non-hydrogen) atoms. The van der Waals surface area contributed by atoms with Crippen LogP contribution in [0.2, 0.25) is 0 Å². The van der Waals surface area contributed by atoms with Crippen LogP contribution >= 0.6 is 0 Å². The van der Waals surface area contributed by atoms with Crippen LogP contribution in [0.1, 0.15) is 18.1 Å². The lowest BCUT2D eigenvalue weighted by atomic mass is 10.1. The van der Waals surface area contributed by atoms with Crippen LogP contribution in [-0.4, -0.2) is 48.3 Å². The van der Waals surface area contributed by atoms with Crippen LogP contribution in [0.25, 0.3) is 0 Å². The number of hydrogen-bond acceptors (Lipinski definition) is 4. The van der Waals surface area contributed by atoms with Crippen LogP contribution in [-0.2, 0) is 9.71 Å². The zero-order chi connectivity index (χ0) is 16.9.